The van der Waals surface area contributed by atoms with E-state index in [-0.39, 0.29) is 0 Å². The standard InChI is InChI=1S/C104H110N4/c1-11-17-23-77-37-49-83(50-38-77)93-69-95-97(105(85-53-29-73(7)30-54-85)89-61-41-79(42-62-89)25-19-13-3)72-100(108(88-59-35-76(10)36-60-88)92-67-47-82(48-68-92)28-22-16-6)102-94(84-51-39-78(40-52-84)24-18-12-2)70-96-98(106(86-55-31-74(8)32-56-86)90-63-43-80(44-64-90)26-20-14-4)71-99(101(93)103(96)104(95)102)107(87-57-33-75(9)34-58-87)91-65-45-81(46-66-91)27-21-15-5/h29-72H,11-28H2,1-10H3. The predicted molar refractivity (Wildman–Crippen MR) is 470 cm³/mol. The lowest BCUT2D eigenvalue weighted by atomic mass is 9.82. The molecule has 4 nitrogen and oxygen atoms in total. The van der Waals surface area contributed by atoms with Crippen LogP contribution in [0.25, 0.3) is 54.6 Å². The molecule has 0 saturated carbocycles. The van der Waals surface area contributed by atoms with Crippen LogP contribution in [0.5, 0.6) is 0 Å². The summed E-state index contributed by atoms with van der Waals surface area (Å²) >= 11 is 0. The molecule has 4 heteroatoms. The Balaban J connectivity index is 1.27. The van der Waals surface area contributed by atoms with E-state index in [2.05, 4.69) is 356 Å². The topological polar surface area (TPSA) is 13.0 Å². The largest absolute Gasteiger partial charge is 0.310 e. The summed E-state index contributed by atoms with van der Waals surface area (Å²) in [6, 6.07) is 105. The number of aryl methyl sites for hydroxylation is 10. The van der Waals surface area contributed by atoms with Crippen LogP contribution in [0.3, 0.4) is 0 Å². The number of nitrogens with zero attached hydrogens (tertiary/aromatic N) is 4. The molecule has 0 aliphatic rings. The van der Waals surface area contributed by atoms with E-state index in [0.717, 1.165) is 184 Å². The highest BCUT2D eigenvalue weighted by molar-refractivity contribution is 6.38. The van der Waals surface area contributed by atoms with Crippen LogP contribution in [-0.2, 0) is 38.5 Å². The molecule has 0 amide bonds. The molecule has 546 valence electrons. The van der Waals surface area contributed by atoms with Crippen LogP contribution in [0.1, 0.15) is 174 Å². The number of rotatable bonds is 32. The minimum Gasteiger partial charge on any atom is -0.310 e. The molecular formula is C104H110N4. The minimum absolute atomic E-state index is 1.03. The van der Waals surface area contributed by atoms with Gasteiger partial charge in [0.15, 0.2) is 0 Å². The summed E-state index contributed by atoms with van der Waals surface area (Å²) in [7, 11) is 0. The molecule has 0 aliphatic heterocycles. The SMILES string of the molecule is CCCCc1ccc(-c2cc3c(N(c4ccc(C)cc4)c4ccc(CCCC)cc4)cc(N(c4ccc(C)cc4)c4ccc(CCCC)cc4)c4c(-c5ccc(CCCC)cc5)cc5c(N(c6ccc(C)cc6)c6ccc(CCCC)cc6)cc(N(c6ccc(C)cc6)c6ccc(CCCC)cc6)c2c5c34)cc1. The molecule has 0 fully saturated rings. The van der Waals surface area contributed by atoms with Gasteiger partial charge in [0.25, 0.3) is 0 Å². The Hall–Kier alpha value is -10.7. The third-order valence-corrected chi connectivity index (χ3v) is 22.4. The summed E-state index contributed by atoms with van der Waals surface area (Å²) in [5.41, 5.74) is 30.9. The van der Waals surface area contributed by atoms with Crippen molar-refractivity contribution in [3.05, 3.63) is 323 Å². The number of hydrogen-bond donors (Lipinski definition) is 0. The van der Waals surface area contributed by atoms with Crippen molar-refractivity contribution in [2.75, 3.05) is 19.6 Å². The molecule has 0 atom stereocenters. The molecule has 14 aromatic carbocycles. The Kier molecular flexibility index (Phi) is 23.7. The van der Waals surface area contributed by atoms with Gasteiger partial charge in [-0.3, -0.25) is 0 Å². The quantitative estimate of drug-likeness (QED) is 0.0390. The van der Waals surface area contributed by atoms with Gasteiger partial charge < -0.3 is 19.6 Å². The van der Waals surface area contributed by atoms with Crippen LogP contribution in [0.4, 0.5) is 68.2 Å². The zero-order valence-electron chi connectivity index (χ0n) is 65.9. The molecule has 14 rings (SSSR count). The molecule has 0 heterocycles. The van der Waals surface area contributed by atoms with Gasteiger partial charge in [0.05, 0.1) is 22.7 Å². The molecule has 0 saturated heterocycles. The van der Waals surface area contributed by atoms with Gasteiger partial charge in [0, 0.05) is 77.8 Å². The van der Waals surface area contributed by atoms with Gasteiger partial charge in [-0.25, -0.2) is 0 Å². The minimum atomic E-state index is 1.03. The number of hydrogen-bond acceptors (Lipinski definition) is 4. The molecule has 0 unspecified atom stereocenters. The Bertz CT molecular complexity index is 4910. The first-order valence-corrected chi connectivity index (χ1v) is 40.8. The Labute approximate surface area is 645 Å². The molecule has 0 aliphatic carbocycles. The van der Waals surface area contributed by atoms with E-state index in [9.17, 15) is 0 Å². The number of benzene rings is 14. The lowest BCUT2D eigenvalue weighted by Crippen LogP contribution is -2.17. The van der Waals surface area contributed by atoms with Gasteiger partial charge in [-0.1, -0.05) is 248 Å². The Morgan fingerprint density at radius 3 is 0.583 bits per heavy atom. The molecule has 14 aromatic rings. The van der Waals surface area contributed by atoms with E-state index in [1.165, 1.54) is 110 Å². The maximum Gasteiger partial charge on any atom is 0.0567 e. The average molecular weight is 1420 g/mol. The highest BCUT2D eigenvalue weighted by Crippen LogP contribution is 2.59. The zero-order valence-corrected chi connectivity index (χ0v) is 65.9. The van der Waals surface area contributed by atoms with Crippen LogP contribution in [0.15, 0.2) is 267 Å². The number of anilines is 12. The van der Waals surface area contributed by atoms with Gasteiger partial charge in [-0.2, -0.15) is 0 Å². The summed E-state index contributed by atoms with van der Waals surface area (Å²) in [6.45, 7) is 22.7. The van der Waals surface area contributed by atoms with E-state index in [1.807, 2.05) is 0 Å². The van der Waals surface area contributed by atoms with Crippen molar-refractivity contribution < 1.29 is 0 Å². The Morgan fingerprint density at radius 2 is 0.380 bits per heavy atom. The van der Waals surface area contributed by atoms with Crippen molar-refractivity contribution in [1.29, 1.82) is 0 Å². The van der Waals surface area contributed by atoms with Crippen molar-refractivity contribution in [1.82, 2.24) is 0 Å². The molecular weight excluding hydrogens is 1310 g/mol. The van der Waals surface area contributed by atoms with E-state index in [0.29, 0.717) is 0 Å². The second-order valence-corrected chi connectivity index (χ2v) is 30.6. The monoisotopic (exact) mass is 1410 g/mol. The summed E-state index contributed by atoms with van der Waals surface area (Å²) < 4.78 is 0. The third kappa shape index (κ3) is 16.1. The first-order valence-electron chi connectivity index (χ1n) is 40.8. The first kappa shape index (κ1) is 74.2. The first-order chi connectivity index (χ1) is 52.9. The fraction of sp³-hybridized carbons (Fsp3) is 0.269. The molecule has 0 spiro atoms. The van der Waals surface area contributed by atoms with Crippen molar-refractivity contribution in [2.45, 2.75) is 185 Å². The highest BCUT2D eigenvalue weighted by atomic mass is 15.2. The van der Waals surface area contributed by atoms with Crippen LogP contribution >= 0.6 is 0 Å². The average Bonchev–Trinajstić information content (AvgIpc) is 0.685. The molecule has 0 bridgehead atoms. The fourth-order valence-electron chi connectivity index (χ4n) is 16.0. The summed E-state index contributed by atoms with van der Waals surface area (Å²) in [6.07, 6.45) is 19.9. The van der Waals surface area contributed by atoms with Crippen LogP contribution in [-0.4, -0.2) is 0 Å². The van der Waals surface area contributed by atoms with Gasteiger partial charge in [0.2, 0.25) is 0 Å². The van der Waals surface area contributed by atoms with E-state index in [1.54, 1.807) is 0 Å². The van der Waals surface area contributed by atoms with Gasteiger partial charge >= 0.3 is 0 Å². The molecule has 108 heavy (non-hydrogen) atoms. The lowest BCUT2D eigenvalue weighted by molar-refractivity contribution is 0.795. The van der Waals surface area contributed by atoms with Gasteiger partial charge in [-0.05, 0) is 282 Å². The van der Waals surface area contributed by atoms with E-state index in [4.69, 9.17) is 0 Å². The van der Waals surface area contributed by atoms with Crippen molar-refractivity contribution >= 4 is 101 Å². The second-order valence-electron chi connectivity index (χ2n) is 30.6. The number of unbranched alkanes of at least 4 members (excludes halogenated alkanes) is 6. The Morgan fingerprint density at radius 1 is 0.194 bits per heavy atom. The third-order valence-electron chi connectivity index (χ3n) is 22.4. The van der Waals surface area contributed by atoms with E-state index >= 15 is 0 Å². The van der Waals surface area contributed by atoms with Crippen LogP contribution in [0, 0.1) is 27.7 Å². The maximum absolute atomic E-state index is 2.63. The summed E-state index contributed by atoms with van der Waals surface area (Å²) in [5.74, 6) is 0. The van der Waals surface area contributed by atoms with Crippen molar-refractivity contribution in [3.63, 3.8) is 0 Å². The smallest absolute Gasteiger partial charge is 0.0567 e. The normalized spacial score (nSPS) is 11.5. The summed E-state index contributed by atoms with van der Waals surface area (Å²) in [4.78, 5) is 10.4. The molecule has 0 aromatic heterocycles. The van der Waals surface area contributed by atoms with Crippen LogP contribution in [0.2, 0.25) is 0 Å². The van der Waals surface area contributed by atoms with Gasteiger partial charge in [0.1, 0.15) is 0 Å². The highest BCUT2D eigenvalue weighted by Gasteiger charge is 2.33. The summed E-state index contributed by atoms with van der Waals surface area (Å²) in [5, 5.41) is 7.13. The van der Waals surface area contributed by atoms with Crippen LogP contribution < -0.4 is 19.6 Å². The molecule has 0 N–H and O–H groups in total. The van der Waals surface area contributed by atoms with Crippen molar-refractivity contribution in [3.8, 4) is 22.3 Å². The predicted octanol–water partition coefficient (Wildman–Crippen LogP) is 31.1. The molecule has 0 radical (unpaired) electrons. The van der Waals surface area contributed by atoms with Crippen molar-refractivity contribution in [2.24, 2.45) is 0 Å². The maximum atomic E-state index is 2.63. The fourth-order valence-corrected chi connectivity index (χ4v) is 16.0. The van der Waals surface area contributed by atoms with Gasteiger partial charge in [-0.15, -0.1) is 0 Å². The second kappa shape index (κ2) is 34.5. The lowest BCUT2D eigenvalue weighted by Gasteiger charge is -2.36. The zero-order chi connectivity index (χ0) is 74.6. The van der Waals surface area contributed by atoms with E-state index < -0.39 is 0 Å².